The Hall–Kier alpha value is -2.45. The van der Waals surface area contributed by atoms with Crippen LogP contribution in [0.4, 0.5) is 0 Å². The molecule has 2 heterocycles. The largest absolute Gasteiger partial charge is 0.481 e. The van der Waals surface area contributed by atoms with Crippen LogP contribution in [0.5, 0.6) is 0 Å². The number of nitrogens with zero attached hydrogens (tertiary/aromatic N) is 4. The fourth-order valence-electron chi connectivity index (χ4n) is 2.49. The molecule has 3 unspecified atom stereocenters. The number of carbonyl (C=O) groups excluding carboxylic acids is 1. The Morgan fingerprint density at radius 3 is 2.43 bits per heavy atom. The van der Waals surface area contributed by atoms with Gasteiger partial charge in [-0.3, -0.25) is 14.4 Å². The van der Waals surface area contributed by atoms with Crippen molar-refractivity contribution >= 4 is 17.8 Å². The number of piperidine rings is 1. The predicted octanol–water partition coefficient (Wildman–Crippen LogP) is -0.527. The maximum Gasteiger partial charge on any atom is 0.309 e. The molecule has 0 radical (unpaired) electrons. The zero-order chi connectivity index (χ0) is 15.6. The third-order valence-corrected chi connectivity index (χ3v) is 3.75. The lowest BCUT2D eigenvalue weighted by atomic mass is 9.85. The topological polar surface area (TPSA) is 126 Å². The highest BCUT2D eigenvalue weighted by Crippen LogP contribution is 2.26. The Morgan fingerprint density at radius 2 is 1.90 bits per heavy atom. The number of likely N-dealkylation sites (tertiary alicyclic amines) is 1. The summed E-state index contributed by atoms with van der Waals surface area (Å²) in [6.45, 7) is 1.75. The first-order valence-corrected chi connectivity index (χ1v) is 6.50. The zero-order valence-corrected chi connectivity index (χ0v) is 11.4. The molecule has 0 bridgehead atoms. The quantitative estimate of drug-likeness (QED) is 0.765. The number of aliphatic carboxylic acids is 2. The molecule has 2 rings (SSSR count). The normalized spacial score (nSPS) is 23.6. The van der Waals surface area contributed by atoms with Gasteiger partial charge in [-0.2, -0.15) is 5.10 Å². The molecule has 1 aromatic rings. The van der Waals surface area contributed by atoms with Crippen molar-refractivity contribution in [1.29, 1.82) is 0 Å². The fraction of sp³-hybridized carbons (Fsp3) is 0.583. The maximum atomic E-state index is 12.3. The highest BCUT2D eigenvalue weighted by atomic mass is 16.4. The second-order valence-corrected chi connectivity index (χ2v) is 5.01. The van der Waals surface area contributed by atoms with Crippen LogP contribution in [0.3, 0.4) is 0 Å². The summed E-state index contributed by atoms with van der Waals surface area (Å²) in [5.74, 6) is -4.70. The second kappa shape index (κ2) is 5.90. The molecule has 0 spiro atoms. The van der Waals surface area contributed by atoms with Gasteiger partial charge in [0, 0.05) is 13.1 Å². The molecule has 1 aromatic heterocycles. The highest BCUT2D eigenvalue weighted by Gasteiger charge is 2.40. The van der Waals surface area contributed by atoms with E-state index in [1.807, 2.05) is 0 Å². The molecule has 1 aliphatic rings. The summed E-state index contributed by atoms with van der Waals surface area (Å²) in [6, 6.07) is -0.608. The molecular formula is C12H16N4O5. The minimum atomic E-state index is -1.20. The Balaban J connectivity index is 2.10. The van der Waals surface area contributed by atoms with Gasteiger partial charge in [-0.05, 0) is 13.3 Å². The van der Waals surface area contributed by atoms with Crippen LogP contribution in [0.2, 0.25) is 0 Å². The maximum absolute atomic E-state index is 12.3. The fourth-order valence-corrected chi connectivity index (χ4v) is 2.49. The van der Waals surface area contributed by atoms with Gasteiger partial charge in [0.15, 0.2) is 0 Å². The Kier molecular flexibility index (Phi) is 4.20. The first-order chi connectivity index (χ1) is 9.91. The number of amides is 1. The minimum absolute atomic E-state index is 0.107. The monoisotopic (exact) mass is 296 g/mol. The van der Waals surface area contributed by atoms with Gasteiger partial charge in [-0.15, -0.1) is 0 Å². The van der Waals surface area contributed by atoms with Crippen LogP contribution >= 0.6 is 0 Å². The van der Waals surface area contributed by atoms with E-state index >= 15 is 0 Å². The molecule has 1 saturated heterocycles. The lowest BCUT2D eigenvalue weighted by Gasteiger charge is -2.35. The molecule has 3 atom stereocenters. The molecule has 21 heavy (non-hydrogen) atoms. The van der Waals surface area contributed by atoms with Gasteiger partial charge in [0.1, 0.15) is 18.7 Å². The molecule has 0 aromatic carbocycles. The van der Waals surface area contributed by atoms with Crippen molar-refractivity contribution in [2.24, 2.45) is 11.8 Å². The summed E-state index contributed by atoms with van der Waals surface area (Å²) >= 11 is 0. The van der Waals surface area contributed by atoms with Gasteiger partial charge < -0.3 is 15.1 Å². The van der Waals surface area contributed by atoms with E-state index < -0.39 is 29.8 Å². The van der Waals surface area contributed by atoms with Crippen molar-refractivity contribution in [1.82, 2.24) is 19.7 Å². The number of aromatic nitrogens is 3. The number of hydrogen-bond acceptors (Lipinski definition) is 5. The van der Waals surface area contributed by atoms with Crippen LogP contribution < -0.4 is 0 Å². The van der Waals surface area contributed by atoms with E-state index in [-0.39, 0.29) is 25.4 Å². The van der Waals surface area contributed by atoms with Crippen LogP contribution in [0.15, 0.2) is 12.7 Å². The van der Waals surface area contributed by atoms with Gasteiger partial charge in [0.25, 0.3) is 0 Å². The molecule has 9 nitrogen and oxygen atoms in total. The van der Waals surface area contributed by atoms with E-state index in [9.17, 15) is 14.4 Å². The lowest BCUT2D eigenvalue weighted by Crippen LogP contribution is -2.50. The van der Waals surface area contributed by atoms with Crippen molar-refractivity contribution in [3.05, 3.63) is 12.7 Å². The number of carbonyl (C=O) groups is 3. The first-order valence-electron chi connectivity index (χ1n) is 6.50. The molecule has 1 aliphatic heterocycles. The summed E-state index contributed by atoms with van der Waals surface area (Å²) in [5.41, 5.74) is 0. The van der Waals surface area contributed by atoms with Gasteiger partial charge >= 0.3 is 11.9 Å². The zero-order valence-electron chi connectivity index (χ0n) is 11.4. The Bertz CT molecular complexity index is 544. The van der Waals surface area contributed by atoms with Crippen LogP contribution in [-0.2, 0) is 14.4 Å². The molecule has 0 saturated carbocycles. The van der Waals surface area contributed by atoms with E-state index in [0.717, 1.165) is 0 Å². The molecule has 114 valence electrons. The SMILES string of the molecule is CC(C(=O)N1CCC(C(=O)O)C(C(=O)O)C1)n1cncn1. The van der Waals surface area contributed by atoms with E-state index in [2.05, 4.69) is 10.1 Å². The smallest absolute Gasteiger partial charge is 0.309 e. The molecule has 1 amide bonds. The minimum Gasteiger partial charge on any atom is -0.481 e. The van der Waals surface area contributed by atoms with Crippen LogP contribution in [0.25, 0.3) is 0 Å². The van der Waals surface area contributed by atoms with E-state index in [4.69, 9.17) is 10.2 Å². The number of carboxylic acids is 2. The van der Waals surface area contributed by atoms with Crippen molar-refractivity contribution in [3.8, 4) is 0 Å². The summed E-state index contributed by atoms with van der Waals surface area (Å²) in [4.78, 5) is 39.8. The van der Waals surface area contributed by atoms with Crippen molar-refractivity contribution in [2.45, 2.75) is 19.4 Å². The Labute approximate surface area is 120 Å². The summed E-state index contributed by atoms with van der Waals surface area (Å²) in [5, 5.41) is 22.1. The Morgan fingerprint density at radius 1 is 1.24 bits per heavy atom. The number of carboxylic acid groups (broad SMARTS) is 2. The number of hydrogen-bond donors (Lipinski definition) is 2. The lowest BCUT2D eigenvalue weighted by molar-refractivity contribution is -0.159. The van der Waals surface area contributed by atoms with E-state index in [1.165, 1.54) is 22.2 Å². The molecule has 1 fully saturated rings. The summed E-state index contributed by atoms with van der Waals surface area (Å²) in [7, 11) is 0. The average molecular weight is 296 g/mol. The highest BCUT2D eigenvalue weighted by molar-refractivity contribution is 5.84. The third kappa shape index (κ3) is 3.01. The molecule has 9 heteroatoms. The van der Waals surface area contributed by atoms with Gasteiger partial charge in [0.2, 0.25) is 5.91 Å². The summed E-state index contributed by atoms with van der Waals surface area (Å²) in [6.07, 6.45) is 2.84. The standard InChI is InChI=1S/C12H16N4O5/c1-7(16-6-13-5-14-16)10(17)15-3-2-8(11(18)19)9(4-15)12(20)21/h5-9H,2-4H2,1H3,(H,18,19)(H,20,21). The van der Waals surface area contributed by atoms with Gasteiger partial charge in [-0.1, -0.05) is 0 Å². The summed E-state index contributed by atoms with van der Waals surface area (Å²) < 4.78 is 1.38. The van der Waals surface area contributed by atoms with E-state index in [1.54, 1.807) is 6.92 Å². The van der Waals surface area contributed by atoms with Crippen molar-refractivity contribution in [2.75, 3.05) is 13.1 Å². The molecule has 2 N–H and O–H groups in total. The number of rotatable bonds is 4. The predicted molar refractivity (Wildman–Crippen MR) is 68.2 cm³/mol. The van der Waals surface area contributed by atoms with Gasteiger partial charge in [0.05, 0.1) is 11.8 Å². The van der Waals surface area contributed by atoms with Crippen LogP contribution in [0.1, 0.15) is 19.4 Å². The molecular weight excluding hydrogens is 280 g/mol. The molecule has 0 aliphatic carbocycles. The van der Waals surface area contributed by atoms with Crippen LogP contribution in [-0.4, -0.2) is 60.8 Å². The second-order valence-electron chi connectivity index (χ2n) is 5.01. The third-order valence-electron chi connectivity index (χ3n) is 3.75. The van der Waals surface area contributed by atoms with Crippen LogP contribution in [0, 0.1) is 11.8 Å². The van der Waals surface area contributed by atoms with Gasteiger partial charge in [-0.25, -0.2) is 9.67 Å². The van der Waals surface area contributed by atoms with E-state index in [0.29, 0.717) is 0 Å². The average Bonchev–Trinajstić information content (AvgIpc) is 2.99. The van der Waals surface area contributed by atoms with Crippen molar-refractivity contribution in [3.63, 3.8) is 0 Å². The first kappa shape index (κ1) is 14.9. The van der Waals surface area contributed by atoms with Crippen molar-refractivity contribution < 1.29 is 24.6 Å².